The highest BCUT2D eigenvalue weighted by Gasteiger charge is 2.37. The summed E-state index contributed by atoms with van der Waals surface area (Å²) in [6.07, 6.45) is 0.875. The molecule has 0 amide bonds. The van der Waals surface area contributed by atoms with Gasteiger partial charge >= 0.3 is 0 Å². The molecule has 2 nitrogen and oxygen atoms in total. The van der Waals surface area contributed by atoms with Gasteiger partial charge in [0.15, 0.2) is 17.5 Å². The maximum absolute atomic E-state index is 14.2. The molecule has 1 aliphatic rings. The van der Waals surface area contributed by atoms with Crippen molar-refractivity contribution in [2.75, 3.05) is 18.0 Å². The lowest BCUT2D eigenvalue weighted by Crippen LogP contribution is -2.64. The molecular weight excluding hydrogens is 277 g/mol. The number of nitrogens with zero attached hydrogens (tertiary/aromatic N) is 1. The summed E-state index contributed by atoms with van der Waals surface area (Å²) in [5.41, 5.74) is -0.0170. The normalized spacial score (nSPS) is 26.5. The Kier molecular flexibility index (Phi) is 4.51. The lowest BCUT2D eigenvalue weighted by atomic mass is 9.89. The topological polar surface area (TPSA) is 15.3 Å². The first kappa shape index (κ1) is 16.1. The van der Waals surface area contributed by atoms with Gasteiger partial charge in [-0.3, -0.25) is 0 Å². The van der Waals surface area contributed by atoms with E-state index in [4.69, 9.17) is 0 Å². The van der Waals surface area contributed by atoms with Crippen molar-refractivity contribution in [2.24, 2.45) is 5.92 Å². The molecular formula is C16H23F3N2. The van der Waals surface area contributed by atoms with Crippen LogP contribution in [0.2, 0.25) is 0 Å². The molecule has 21 heavy (non-hydrogen) atoms. The van der Waals surface area contributed by atoms with Gasteiger partial charge in [0, 0.05) is 24.7 Å². The number of nitrogens with one attached hydrogen (secondary N) is 1. The van der Waals surface area contributed by atoms with Crippen LogP contribution in [0.3, 0.4) is 0 Å². The average Bonchev–Trinajstić information content (AvgIpc) is 2.44. The fourth-order valence-electron chi connectivity index (χ4n) is 2.84. The molecule has 0 radical (unpaired) electrons. The third kappa shape index (κ3) is 3.03. The zero-order chi connectivity index (χ0) is 15.8. The van der Waals surface area contributed by atoms with Gasteiger partial charge in [-0.25, -0.2) is 13.2 Å². The van der Waals surface area contributed by atoms with Crippen LogP contribution in [0.15, 0.2) is 12.1 Å². The van der Waals surface area contributed by atoms with Crippen molar-refractivity contribution in [1.29, 1.82) is 0 Å². The molecule has 0 bridgehead atoms. The van der Waals surface area contributed by atoms with E-state index in [9.17, 15) is 13.2 Å². The molecule has 0 aliphatic carbocycles. The van der Waals surface area contributed by atoms with Crippen LogP contribution < -0.4 is 10.2 Å². The number of halogens is 3. The largest absolute Gasteiger partial charge is 0.363 e. The van der Waals surface area contributed by atoms with E-state index in [1.807, 2.05) is 18.7 Å². The monoisotopic (exact) mass is 300 g/mol. The highest BCUT2D eigenvalue weighted by molar-refractivity contribution is 5.51. The van der Waals surface area contributed by atoms with Crippen molar-refractivity contribution >= 4 is 5.69 Å². The lowest BCUT2D eigenvalue weighted by Gasteiger charge is -2.48. The van der Waals surface area contributed by atoms with Gasteiger partial charge < -0.3 is 10.2 Å². The molecule has 1 aromatic carbocycles. The maximum atomic E-state index is 14.2. The number of hydrogen-bond acceptors (Lipinski definition) is 2. The predicted octanol–water partition coefficient (Wildman–Crippen LogP) is 3.71. The first-order valence-electron chi connectivity index (χ1n) is 7.44. The Hall–Kier alpha value is -1.23. The molecule has 1 saturated heterocycles. The summed E-state index contributed by atoms with van der Waals surface area (Å²) in [5, 5.41) is 3.49. The molecule has 0 spiro atoms. The first-order chi connectivity index (χ1) is 9.79. The van der Waals surface area contributed by atoms with Crippen LogP contribution in [-0.2, 0) is 0 Å². The van der Waals surface area contributed by atoms with Gasteiger partial charge in [0.25, 0.3) is 0 Å². The van der Waals surface area contributed by atoms with Crippen molar-refractivity contribution < 1.29 is 13.2 Å². The highest BCUT2D eigenvalue weighted by atomic mass is 19.2. The van der Waals surface area contributed by atoms with Crippen LogP contribution in [0.5, 0.6) is 0 Å². The van der Waals surface area contributed by atoms with E-state index < -0.39 is 17.5 Å². The van der Waals surface area contributed by atoms with Gasteiger partial charge in [0.05, 0.1) is 5.69 Å². The summed E-state index contributed by atoms with van der Waals surface area (Å²) in [5.74, 6) is -3.37. The number of piperazine rings is 1. The van der Waals surface area contributed by atoms with Crippen LogP contribution in [-0.4, -0.2) is 24.7 Å². The van der Waals surface area contributed by atoms with Crippen molar-refractivity contribution in [2.45, 2.75) is 45.7 Å². The minimum absolute atomic E-state index is 0.0454. The lowest BCUT2D eigenvalue weighted by molar-refractivity contribution is 0.251. The minimum atomic E-state index is -1.40. The summed E-state index contributed by atoms with van der Waals surface area (Å²) < 4.78 is 40.9. The van der Waals surface area contributed by atoms with Gasteiger partial charge in [-0.05, 0) is 31.4 Å². The Bertz CT molecular complexity index is 518. The summed E-state index contributed by atoms with van der Waals surface area (Å²) in [4.78, 5) is 1.88. The van der Waals surface area contributed by atoms with Crippen LogP contribution in [0, 0.1) is 23.4 Å². The molecule has 1 fully saturated rings. The second kappa shape index (κ2) is 5.87. The summed E-state index contributed by atoms with van der Waals surface area (Å²) in [6, 6.07) is 2.38. The molecule has 1 N–H and O–H groups in total. The Morgan fingerprint density at radius 3 is 2.52 bits per heavy atom. The van der Waals surface area contributed by atoms with Gasteiger partial charge in [-0.15, -0.1) is 0 Å². The zero-order valence-electron chi connectivity index (χ0n) is 13.0. The fourth-order valence-corrected chi connectivity index (χ4v) is 2.84. The Labute approximate surface area is 124 Å². The maximum Gasteiger partial charge on any atom is 0.196 e. The molecule has 2 unspecified atom stereocenters. The van der Waals surface area contributed by atoms with Crippen molar-refractivity contribution in [3.8, 4) is 0 Å². The molecule has 0 saturated carbocycles. The Balaban J connectivity index is 2.43. The van der Waals surface area contributed by atoms with E-state index in [1.165, 1.54) is 6.07 Å². The quantitative estimate of drug-likeness (QED) is 0.856. The molecule has 1 aromatic rings. The van der Waals surface area contributed by atoms with E-state index in [2.05, 4.69) is 19.2 Å². The van der Waals surface area contributed by atoms with Gasteiger partial charge in [0.2, 0.25) is 0 Å². The Morgan fingerprint density at radius 1 is 1.29 bits per heavy atom. The second-order valence-electron chi connectivity index (χ2n) is 6.43. The molecule has 118 valence electrons. The fraction of sp³-hybridized carbons (Fsp3) is 0.625. The zero-order valence-corrected chi connectivity index (χ0v) is 13.0. The van der Waals surface area contributed by atoms with E-state index in [0.717, 1.165) is 12.5 Å². The third-order valence-corrected chi connectivity index (χ3v) is 4.53. The minimum Gasteiger partial charge on any atom is -0.363 e. The number of benzene rings is 1. The van der Waals surface area contributed by atoms with Crippen molar-refractivity contribution in [3.63, 3.8) is 0 Å². The van der Waals surface area contributed by atoms with Gasteiger partial charge in [0.1, 0.15) is 0 Å². The molecule has 0 aromatic heterocycles. The van der Waals surface area contributed by atoms with Crippen molar-refractivity contribution in [1.82, 2.24) is 5.32 Å². The first-order valence-corrected chi connectivity index (χ1v) is 7.44. The summed E-state index contributed by atoms with van der Waals surface area (Å²) >= 11 is 0. The smallest absolute Gasteiger partial charge is 0.196 e. The summed E-state index contributed by atoms with van der Waals surface area (Å²) in [6.45, 7) is 9.48. The standard InChI is InChI=1S/C16H23F3N2/c1-5-16(4)9-21(13(8-20-16)10(2)3)12-7-6-11(17)14(18)15(12)19/h6-7,10,13,20H,5,8-9H2,1-4H3. The average molecular weight is 300 g/mol. The second-order valence-corrected chi connectivity index (χ2v) is 6.43. The highest BCUT2D eigenvalue weighted by Crippen LogP contribution is 2.31. The number of rotatable bonds is 3. The molecule has 5 heteroatoms. The SMILES string of the molecule is CCC1(C)CN(c2ccc(F)c(F)c2F)C(C(C)C)CN1. The number of anilines is 1. The van der Waals surface area contributed by atoms with Gasteiger partial charge in [-0.1, -0.05) is 20.8 Å². The van der Waals surface area contributed by atoms with E-state index in [1.54, 1.807) is 0 Å². The van der Waals surface area contributed by atoms with Gasteiger partial charge in [-0.2, -0.15) is 0 Å². The van der Waals surface area contributed by atoms with E-state index in [-0.39, 0.29) is 23.2 Å². The Morgan fingerprint density at radius 2 is 1.95 bits per heavy atom. The molecule has 1 aliphatic heterocycles. The summed E-state index contributed by atoms with van der Waals surface area (Å²) in [7, 11) is 0. The van der Waals surface area contributed by atoms with Crippen LogP contribution in [0.4, 0.5) is 18.9 Å². The predicted molar refractivity (Wildman–Crippen MR) is 79.0 cm³/mol. The molecule has 2 atom stereocenters. The van der Waals surface area contributed by atoms with Crippen LogP contribution in [0.25, 0.3) is 0 Å². The number of hydrogen-bond donors (Lipinski definition) is 1. The van der Waals surface area contributed by atoms with Crippen LogP contribution in [0.1, 0.15) is 34.1 Å². The van der Waals surface area contributed by atoms with Crippen molar-refractivity contribution in [3.05, 3.63) is 29.6 Å². The van der Waals surface area contributed by atoms with E-state index >= 15 is 0 Å². The van der Waals surface area contributed by atoms with E-state index in [0.29, 0.717) is 13.1 Å². The van der Waals surface area contributed by atoms with Crippen LogP contribution >= 0.6 is 0 Å². The molecule has 2 rings (SSSR count). The molecule has 1 heterocycles. The third-order valence-electron chi connectivity index (χ3n) is 4.53.